The van der Waals surface area contributed by atoms with Gasteiger partial charge in [-0.3, -0.25) is 9.69 Å². The molecule has 2 aromatic rings. The van der Waals surface area contributed by atoms with Crippen molar-refractivity contribution in [2.24, 2.45) is 0 Å². The van der Waals surface area contributed by atoms with Gasteiger partial charge in [0.15, 0.2) is 0 Å². The van der Waals surface area contributed by atoms with E-state index in [4.69, 9.17) is 5.26 Å². The number of amides is 1. The van der Waals surface area contributed by atoms with Crippen molar-refractivity contribution in [1.82, 2.24) is 9.80 Å². The van der Waals surface area contributed by atoms with E-state index in [1.165, 1.54) is 12.1 Å². The molecule has 0 N–H and O–H groups in total. The van der Waals surface area contributed by atoms with E-state index in [9.17, 15) is 9.18 Å². The van der Waals surface area contributed by atoms with Gasteiger partial charge in [-0.2, -0.15) is 5.26 Å². The maximum absolute atomic E-state index is 13.6. The van der Waals surface area contributed by atoms with Crippen LogP contribution in [-0.2, 0) is 4.79 Å². The first-order valence-corrected chi connectivity index (χ1v) is 8.95. The molecule has 0 bridgehead atoms. The fourth-order valence-electron chi connectivity index (χ4n) is 3.44. The molecular weight excluding hydrogens is 343 g/mol. The molecule has 140 valence electrons. The summed E-state index contributed by atoms with van der Waals surface area (Å²) in [5.74, 6) is -0.345. The third-order valence-corrected chi connectivity index (χ3v) is 4.87. The lowest BCUT2D eigenvalue weighted by Crippen LogP contribution is -2.51. The Kier molecular flexibility index (Phi) is 5.72. The third-order valence-electron chi connectivity index (χ3n) is 4.87. The quantitative estimate of drug-likeness (QED) is 0.835. The van der Waals surface area contributed by atoms with E-state index >= 15 is 0 Å². The molecule has 3 rings (SSSR count). The van der Waals surface area contributed by atoms with Gasteiger partial charge in [0.25, 0.3) is 0 Å². The number of carbonyl (C=O) groups is 1. The molecule has 2 aromatic carbocycles. The highest BCUT2D eigenvalue weighted by Gasteiger charge is 2.30. The first-order valence-electron chi connectivity index (χ1n) is 8.95. The van der Waals surface area contributed by atoms with Gasteiger partial charge in [0, 0.05) is 31.9 Å². The van der Waals surface area contributed by atoms with E-state index in [1.807, 2.05) is 36.0 Å². The summed E-state index contributed by atoms with van der Waals surface area (Å²) in [5.41, 5.74) is 2.35. The Labute approximate surface area is 159 Å². The van der Waals surface area contributed by atoms with Gasteiger partial charge in [-0.25, -0.2) is 4.39 Å². The zero-order chi connectivity index (χ0) is 19.4. The Morgan fingerprint density at radius 3 is 2.33 bits per heavy atom. The highest BCUT2D eigenvalue weighted by atomic mass is 19.1. The second kappa shape index (κ2) is 8.19. The number of carbonyl (C=O) groups excluding carboxylic acids is 1. The summed E-state index contributed by atoms with van der Waals surface area (Å²) in [6.45, 7) is 2.67. The predicted molar refractivity (Wildman–Crippen MR) is 103 cm³/mol. The minimum Gasteiger partial charge on any atom is -0.368 e. The van der Waals surface area contributed by atoms with Crippen molar-refractivity contribution in [3.8, 4) is 6.07 Å². The fourth-order valence-corrected chi connectivity index (χ4v) is 3.44. The molecule has 0 aromatic heterocycles. The Balaban J connectivity index is 1.68. The molecule has 1 aliphatic rings. The SMILES string of the molecule is CN(C)[C@@H](C(=O)N1CCN(c2ccc(C#N)cc2)CC1)c1cccc(F)c1. The molecule has 1 saturated heterocycles. The van der Waals surface area contributed by atoms with Crippen LogP contribution in [0.25, 0.3) is 0 Å². The molecule has 6 heteroatoms. The van der Waals surface area contributed by atoms with Crippen molar-refractivity contribution in [2.75, 3.05) is 45.2 Å². The van der Waals surface area contributed by atoms with Crippen LogP contribution < -0.4 is 4.90 Å². The number of anilines is 1. The first-order chi connectivity index (χ1) is 13.0. The number of nitrogens with zero attached hydrogens (tertiary/aromatic N) is 4. The number of rotatable bonds is 4. The van der Waals surface area contributed by atoms with Crippen LogP contribution in [0.2, 0.25) is 0 Å². The summed E-state index contributed by atoms with van der Waals surface area (Å²) in [6, 6.07) is 15.3. The molecular formula is C21H23FN4O. The Bertz CT molecular complexity index is 836. The van der Waals surface area contributed by atoms with Crippen LogP contribution in [-0.4, -0.2) is 56.0 Å². The highest BCUT2D eigenvalue weighted by molar-refractivity contribution is 5.83. The molecule has 0 unspecified atom stereocenters. The van der Waals surface area contributed by atoms with Crippen LogP contribution in [0.5, 0.6) is 0 Å². The average molecular weight is 366 g/mol. The number of nitriles is 1. The van der Waals surface area contributed by atoms with Crippen molar-refractivity contribution < 1.29 is 9.18 Å². The topological polar surface area (TPSA) is 50.6 Å². The lowest BCUT2D eigenvalue weighted by atomic mass is 10.0. The Morgan fingerprint density at radius 2 is 1.78 bits per heavy atom. The van der Waals surface area contributed by atoms with Crippen LogP contribution in [0.1, 0.15) is 17.2 Å². The molecule has 1 heterocycles. The second-order valence-electron chi connectivity index (χ2n) is 6.89. The van der Waals surface area contributed by atoms with Gasteiger partial charge < -0.3 is 9.80 Å². The van der Waals surface area contributed by atoms with E-state index in [-0.39, 0.29) is 11.7 Å². The van der Waals surface area contributed by atoms with Crippen LogP contribution in [0.3, 0.4) is 0 Å². The lowest BCUT2D eigenvalue weighted by molar-refractivity contribution is -0.136. The number of benzene rings is 2. The van der Waals surface area contributed by atoms with E-state index in [2.05, 4.69) is 11.0 Å². The monoisotopic (exact) mass is 366 g/mol. The Hall–Kier alpha value is -2.91. The molecule has 1 aliphatic heterocycles. The van der Waals surface area contributed by atoms with Gasteiger partial charge in [-0.15, -0.1) is 0 Å². The van der Waals surface area contributed by atoms with E-state index in [0.717, 1.165) is 18.8 Å². The summed E-state index contributed by atoms with van der Waals surface area (Å²) >= 11 is 0. The normalized spacial score (nSPS) is 15.5. The fraction of sp³-hybridized carbons (Fsp3) is 0.333. The van der Waals surface area contributed by atoms with Crippen LogP contribution in [0.4, 0.5) is 10.1 Å². The van der Waals surface area contributed by atoms with Crippen molar-refractivity contribution in [3.63, 3.8) is 0 Å². The average Bonchev–Trinajstić information content (AvgIpc) is 2.68. The summed E-state index contributed by atoms with van der Waals surface area (Å²) in [6.07, 6.45) is 0. The maximum Gasteiger partial charge on any atom is 0.244 e. The number of hydrogen-bond donors (Lipinski definition) is 0. The molecule has 1 atom stereocenters. The smallest absolute Gasteiger partial charge is 0.244 e. The molecule has 1 fully saturated rings. The zero-order valence-electron chi connectivity index (χ0n) is 15.6. The van der Waals surface area contributed by atoms with Crippen molar-refractivity contribution in [3.05, 3.63) is 65.5 Å². The second-order valence-corrected chi connectivity index (χ2v) is 6.89. The van der Waals surface area contributed by atoms with E-state index < -0.39 is 6.04 Å². The number of piperazine rings is 1. The van der Waals surface area contributed by atoms with E-state index in [0.29, 0.717) is 24.2 Å². The predicted octanol–water partition coefficient (Wildman–Crippen LogP) is 2.65. The third kappa shape index (κ3) is 4.26. The van der Waals surface area contributed by atoms with Gasteiger partial charge in [0.1, 0.15) is 11.9 Å². The lowest BCUT2D eigenvalue weighted by Gasteiger charge is -2.38. The molecule has 0 spiro atoms. The van der Waals surface area contributed by atoms with Crippen molar-refractivity contribution >= 4 is 11.6 Å². The van der Waals surface area contributed by atoms with Crippen LogP contribution in [0.15, 0.2) is 48.5 Å². The molecule has 0 saturated carbocycles. The van der Waals surface area contributed by atoms with Gasteiger partial charge in [-0.1, -0.05) is 12.1 Å². The molecule has 1 amide bonds. The number of likely N-dealkylation sites (N-methyl/N-ethyl adjacent to an activating group) is 1. The van der Waals surface area contributed by atoms with Crippen LogP contribution in [0, 0.1) is 17.1 Å². The van der Waals surface area contributed by atoms with E-state index in [1.54, 1.807) is 24.3 Å². The zero-order valence-corrected chi connectivity index (χ0v) is 15.6. The summed E-state index contributed by atoms with van der Waals surface area (Å²) in [7, 11) is 3.67. The summed E-state index contributed by atoms with van der Waals surface area (Å²) in [5, 5.41) is 8.91. The Morgan fingerprint density at radius 1 is 1.11 bits per heavy atom. The van der Waals surface area contributed by atoms with Crippen molar-refractivity contribution in [1.29, 1.82) is 5.26 Å². The highest BCUT2D eigenvalue weighted by Crippen LogP contribution is 2.24. The minimum absolute atomic E-state index is 0.00919. The van der Waals surface area contributed by atoms with Gasteiger partial charge >= 0.3 is 0 Å². The van der Waals surface area contributed by atoms with Gasteiger partial charge in [0.05, 0.1) is 11.6 Å². The molecule has 0 radical (unpaired) electrons. The van der Waals surface area contributed by atoms with Gasteiger partial charge in [0.2, 0.25) is 5.91 Å². The minimum atomic E-state index is -0.498. The summed E-state index contributed by atoms with van der Waals surface area (Å²) in [4.78, 5) is 19.0. The van der Waals surface area contributed by atoms with Crippen molar-refractivity contribution in [2.45, 2.75) is 6.04 Å². The number of halogens is 1. The maximum atomic E-state index is 13.6. The molecule has 0 aliphatic carbocycles. The van der Waals surface area contributed by atoms with Crippen LogP contribution >= 0.6 is 0 Å². The standard InChI is InChI=1S/C21H23FN4O/c1-24(2)20(17-4-3-5-18(22)14-17)21(27)26-12-10-25(11-13-26)19-8-6-16(15-23)7-9-19/h3-9,14,20H,10-13H2,1-2H3/t20-/m1/s1. The molecule has 5 nitrogen and oxygen atoms in total. The molecule has 27 heavy (non-hydrogen) atoms. The van der Waals surface area contributed by atoms with Gasteiger partial charge in [-0.05, 0) is 56.1 Å². The summed E-state index contributed by atoms with van der Waals surface area (Å²) < 4.78 is 13.6. The largest absolute Gasteiger partial charge is 0.368 e. The first kappa shape index (κ1) is 18.9. The number of hydrogen-bond acceptors (Lipinski definition) is 4.